The van der Waals surface area contributed by atoms with Crippen LogP contribution in [-0.4, -0.2) is 5.97 Å². The summed E-state index contributed by atoms with van der Waals surface area (Å²) in [6.45, 7) is 2.25. The Morgan fingerprint density at radius 1 is 1.05 bits per heavy atom. The van der Waals surface area contributed by atoms with E-state index in [2.05, 4.69) is 6.92 Å². The van der Waals surface area contributed by atoms with Gasteiger partial charge in [-0.05, 0) is 25.3 Å². The molecule has 2 nitrogen and oxygen atoms in total. The van der Waals surface area contributed by atoms with E-state index in [0.717, 1.165) is 31.4 Å². The molecule has 0 fully saturated rings. The molecule has 0 amide bonds. The summed E-state index contributed by atoms with van der Waals surface area (Å²) in [7, 11) is 0. The van der Waals surface area contributed by atoms with Crippen LogP contribution in [0.3, 0.4) is 0 Å². The zero-order chi connectivity index (χ0) is 13.8. The fraction of sp³-hybridized carbons (Fsp3) is 0.824. The number of unbranched alkanes of at least 4 members (excludes halogenated alkanes) is 8. The van der Waals surface area contributed by atoms with Crippen LogP contribution in [0.25, 0.3) is 0 Å². The molecule has 110 valence electrons. The van der Waals surface area contributed by atoms with Gasteiger partial charge in [-0.3, -0.25) is 4.79 Å². The minimum atomic E-state index is -0.0314. The van der Waals surface area contributed by atoms with Gasteiger partial charge >= 0.3 is 5.97 Å². The summed E-state index contributed by atoms with van der Waals surface area (Å²) in [6.07, 6.45) is 17.4. The molecular weight excluding hydrogens is 236 g/mol. The molecule has 1 aliphatic carbocycles. The fourth-order valence-electron chi connectivity index (χ4n) is 2.51. The second-order valence-corrected chi connectivity index (χ2v) is 5.62. The molecule has 0 aliphatic heterocycles. The Labute approximate surface area is 118 Å². The number of rotatable bonds is 11. The molecule has 1 aliphatic rings. The third-order valence-electron chi connectivity index (χ3n) is 3.73. The van der Waals surface area contributed by atoms with Crippen LogP contribution in [0.1, 0.15) is 90.4 Å². The molecule has 0 bridgehead atoms. The molecule has 0 saturated carbocycles. The average Bonchev–Trinajstić information content (AvgIpc) is 2.89. The van der Waals surface area contributed by atoms with Gasteiger partial charge in [-0.25, -0.2) is 0 Å². The molecule has 0 aromatic heterocycles. The van der Waals surface area contributed by atoms with Gasteiger partial charge in [0.15, 0.2) is 0 Å². The van der Waals surface area contributed by atoms with Gasteiger partial charge in [0, 0.05) is 12.8 Å². The molecule has 0 saturated heterocycles. The van der Waals surface area contributed by atoms with E-state index in [-0.39, 0.29) is 5.97 Å². The third kappa shape index (κ3) is 8.85. The van der Waals surface area contributed by atoms with E-state index < -0.39 is 0 Å². The van der Waals surface area contributed by atoms with Crippen LogP contribution in [0.5, 0.6) is 0 Å². The van der Waals surface area contributed by atoms with Crippen LogP contribution in [0.2, 0.25) is 0 Å². The van der Waals surface area contributed by atoms with Gasteiger partial charge in [-0.1, -0.05) is 58.3 Å². The van der Waals surface area contributed by atoms with E-state index in [1.165, 1.54) is 51.4 Å². The monoisotopic (exact) mass is 266 g/mol. The average molecular weight is 266 g/mol. The highest BCUT2D eigenvalue weighted by atomic mass is 16.5. The molecule has 0 aromatic rings. The number of ether oxygens (including phenoxy) is 1. The molecule has 19 heavy (non-hydrogen) atoms. The molecule has 0 N–H and O–H groups in total. The van der Waals surface area contributed by atoms with Gasteiger partial charge in [-0.15, -0.1) is 0 Å². The molecule has 0 aromatic carbocycles. The summed E-state index contributed by atoms with van der Waals surface area (Å²) in [5, 5.41) is 0. The molecule has 0 spiro atoms. The number of hydrogen-bond donors (Lipinski definition) is 0. The first-order valence-corrected chi connectivity index (χ1v) is 8.22. The maximum absolute atomic E-state index is 11.5. The van der Waals surface area contributed by atoms with E-state index in [9.17, 15) is 4.79 Å². The molecule has 2 heteroatoms. The van der Waals surface area contributed by atoms with Crippen LogP contribution in [0.15, 0.2) is 11.8 Å². The fourth-order valence-corrected chi connectivity index (χ4v) is 2.51. The lowest BCUT2D eigenvalue weighted by Crippen LogP contribution is -2.02. The van der Waals surface area contributed by atoms with Crippen LogP contribution in [0.4, 0.5) is 0 Å². The van der Waals surface area contributed by atoms with E-state index in [1.807, 2.05) is 6.08 Å². The van der Waals surface area contributed by atoms with Gasteiger partial charge < -0.3 is 4.74 Å². The Balaban J connectivity index is 1.83. The highest BCUT2D eigenvalue weighted by Crippen LogP contribution is 2.19. The van der Waals surface area contributed by atoms with Crippen LogP contribution in [-0.2, 0) is 9.53 Å². The SMILES string of the molecule is CCCCCCCCCCCC(=O)OC1=CCCC1. The van der Waals surface area contributed by atoms with Crippen molar-refractivity contribution in [1.29, 1.82) is 0 Å². The van der Waals surface area contributed by atoms with Crippen molar-refractivity contribution in [2.45, 2.75) is 90.4 Å². The Morgan fingerprint density at radius 3 is 2.26 bits per heavy atom. The smallest absolute Gasteiger partial charge is 0.310 e. The Kier molecular flexibility index (Phi) is 9.48. The summed E-state index contributed by atoms with van der Waals surface area (Å²) in [4.78, 5) is 11.5. The van der Waals surface area contributed by atoms with Crippen LogP contribution < -0.4 is 0 Å². The lowest BCUT2D eigenvalue weighted by Gasteiger charge is -2.05. The van der Waals surface area contributed by atoms with Crippen molar-refractivity contribution in [3.05, 3.63) is 11.8 Å². The highest BCUT2D eigenvalue weighted by molar-refractivity contribution is 5.70. The first kappa shape index (κ1) is 16.3. The van der Waals surface area contributed by atoms with Crippen molar-refractivity contribution in [2.24, 2.45) is 0 Å². The predicted molar refractivity (Wildman–Crippen MR) is 79.9 cm³/mol. The molecule has 0 unspecified atom stereocenters. The number of carbonyl (C=O) groups is 1. The van der Waals surface area contributed by atoms with Crippen LogP contribution in [0, 0.1) is 0 Å². The van der Waals surface area contributed by atoms with Crippen molar-refractivity contribution in [3.63, 3.8) is 0 Å². The zero-order valence-corrected chi connectivity index (χ0v) is 12.6. The number of allylic oxidation sites excluding steroid dienone is 2. The molecule has 0 radical (unpaired) electrons. The predicted octanol–water partition coefficient (Wildman–Crippen LogP) is 5.52. The van der Waals surface area contributed by atoms with Crippen molar-refractivity contribution in [1.82, 2.24) is 0 Å². The summed E-state index contributed by atoms with van der Waals surface area (Å²) in [5.74, 6) is 0.872. The van der Waals surface area contributed by atoms with E-state index in [1.54, 1.807) is 0 Å². The Bertz CT molecular complexity index is 268. The Morgan fingerprint density at radius 2 is 1.68 bits per heavy atom. The lowest BCUT2D eigenvalue weighted by molar-refractivity contribution is -0.139. The standard InChI is InChI=1S/C17H30O2/c1-2-3-4-5-6-7-8-9-10-15-17(18)19-16-13-11-12-14-16/h13H,2-12,14-15H2,1H3. The van der Waals surface area contributed by atoms with Crippen LogP contribution >= 0.6 is 0 Å². The quantitative estimate of drug-likeness (QED) is 0.363. The van der Waals surface area contributed by atoms with Crippen molar-refractivity contribution in [3.8, 4) is 0 Å². The number of carbonyl (C=O) groups excluding carboxylic acids is 1. The Hall–Kier alpha value is -0.790. The molecule has 0 heterocycles. The van der Waals surface area contributed by atoms with Crippen molar-refractivity contribution < 1.29 is 9.53 Å². The number of hydrogen-bond acceptors (Lipinski definition) is 2. The third-order valence-corrected chi connectivity index (χ3v) is 3.73. The van der Waals surface area contributed by atoms with Gasteiger partial charge in [0.05, 0.1) is 0 Å². The van der Waals surface area contributed by atoms with Gasteiger partial charge in [0.1, 0.15) is 5.76 Å². The maximum atomic E-state index is 11.5. The normalized spacial score (nSPS) is 14.5. The van der Waals surface area contributed by atoms with E-state index in [0.29, 0.717) is 6.42 Å². The first-order chi connectivity index (χ1) is 9.33. The lowest BCUT2D eigenvalue weighted by atomic mass is 10.1. The summed E-state index contributed by atoms with van der Waals surface area (Å²) >= 11 is 0. The highest BCUT2D eigenvalue weighted by Gasteiger charge is 2.10. The van der Waals surface area contributed by atoms with E-state index in [4.69, 9.17) is 4.74 Å². The molecule has 0 atom stereocenters. The van der Waals surface area contributed by atoms with Gasteiger partial charge in [0.2, 0.25) is 0 Å². The van der Waals surface area contributed by atoms with Gasteiger partial charge in [-0.2, -0.15) is 0 Å². The summed E-state index contributed by atoms with van der Waals surface area (Å²) in [6, 6.07) is 0. The second-order valence-electron chi connectivity index (χ2n) is 5.62. The number of esters is 1. The first-order valence-electron chi connectivity index (χ1n) is 8.22. The summed E-state index contributed by atoms with van der Waals surface area (Å²) in [5.41, 5.74) is 0. The zero-order valence-electron chi connectivity index (χ0n) is 12.6. The second kappa shape index (κ2) is 11.1. The minimum Gasteiger partial charge on any atom is -0.431 e. The van der Waals surface area contributed by atoms with E-state index >= 15 is 0 Å². The van der Waals surface area contributed by atoms with Gasteiger partial charge in [0.25, 0.3) is 0 Å². The van der Waals surface area contributed by atoms with Crippen molar-refractivity contribution >= 4 is 5.97 Å². The molecule has 1 rings (SSSR count). The van der Waals surface area contributed by atoms with Crippen molar-refractivity contribution in [2.75, 3.05) is 0 Å². The minimum absolute atomic E-state index is 0.0314. The topological polar surface area (TPSA) is 26.3 Å². The maximum Gasteiger partial charge on any atom is 0.310 e. The largest absolute Gasteiger partial charge is 0.431 e. The summed E-state index contributed by atoms with van der Waals surface area (Å²) < 4.78 is 5.31. The molecular formula is C17H30O2.